The highest BCUT2D eigenvalue weighted by Gasteiger charge is 2.18. The Balaban J connectivity index is 2.24. The molecule has 5 nitrogen and oxygen atoms in total. The van der Waals surface area contributed by atoms with Gasteiger partial charge >= 0.3 is 0 Å². The predicted molar refractivity (Wildman–Crippen MR) is 92.2 cm³/mol. The van der Waals surface area contributed by atoms with E-state index in [1.54, 1.807) is 10.9 Å². The lowest BCUT2D eigenvalue weighted by Crippen LogP contribution is -2.14. The van der Waals surface area contributed by atoms with Gasteiger partial charge in [0.2, 0.25) is 5.88 Å². The molecule has 1 aromatic heterocycles. The minimum atomic E-state index is -0.188. The van der Waals surface area contributed by atoms with E-state index in [-0.39, 0.29) is 5.91 Å². The highest BCUT2D eigenvalue weighted by atomic mass is 16.5. The second kappa shape index (κ2) is 7.81. The van der Waals surface area contributed by atoms with Crippen molar-refractivity contribution in [2.24, 2.45) is 0 Å². The number of rotatable bonds is 7. The van der Waals surface area contributed by atoms with E-state index in [2.05, 4.69) is 17.3 Å². The Kier molecular flexibility index (Phi) is 5.79. The van der Waals surface area contributed by atoms with Crippen LogP contribution >= 0.6 is 0 Å². The number of carbonyl (C=O) groups is 1. The summed E-state index contributed by atoms with van der Waals surface area (Å²) in [5.41, 5.74) is 3.51. The summed E-state index contributed by atoms with van der Waals surface area (Å²) >= 11 is 0. The quantitative estimate of drug-likeness (QED) is 0.841. The number of carbonyl (C=O) groups excluding carboxylic acids is 1. The molecule has 0 aliphatic carbocycles. The van der Waals surface area contributed by atoms with E-state index in [4.69, 9.17) is 4.74 Å². The highest BCUT2D eigenvalue weighted by molar-refractivity contribution is 6.06. The maximum atomic E-state index is 12.6. The average Bonchev–Trinajstić information content (AvgIpc) is 2.93. The lowest BCUT2D eigenvalue weighted by atomic mass is 10.1. The molecular weight excluding hydrogens is 290 g/mol. The highest BCUT2D eigenvalue weighted by Crippen LogP contribution is 2.22. The van der Waals surface area contributed by atoms with Crippen molar-refractivity contribution in [3.05, 3.63) is 41.1 Å². The molecule has 0 unspecified atom stereocenters. The zero-order valence-corrected chi connectivity index (χ0v) is 14.3. The van der Waals surface area contributed by atoms with E-state index in [9.17, 15) is 4.79 Å². The van der Waals surface area contributed by atoms with Crippen LogP contribution in [0.5, 0.6) is 5.88 Å². The fourth-order valence-corrected chi connectivity index (χ4v) is 2.28. The van der Waals surface area contributed by atoms with Gasteiger partial charge in [0.1, 0.15) is 5.56 Å². The van der Waals surface area contributed by atoms with Crippen molar-refractivity contribution in [2.75, 3.05) is 11.9 Å². The van der Waals surface area contributed by atoms with Crippen LogP contribution in [-0.4, -0.2) is 22.3 Å². The molecule has 2 rings (SSSR count). The molecule has 1 heterocycles. The number of benzene rings is 1. The first-order valence-corrected chi connectivity index (χ1v) is 8.14. The third-order valence-electron chi connectivity index (χ3n) is 3.72. The number of nitrogens with zero attached hydrogens (tertiary/aromatic N) is 2. The molecule has 0 aliphatic rings. The Morgan fingerprint density at radius 1 is 1.26 bits per heavy atom. The van der Waals surface area contributed by atoms with Gasteiger partial charge in [-0.3, -0.25) is 9.48 Å². The van der Waals surface area contributed by atoms with Crippen LogP contribution in [0.15, 0.2) is 24.4 Å². The number of anilines is 1. The van der Waals surface area contributed by atoms with Crippen molar-refractivity contribution >= 4 is 11.6 Å². The summed E-state index contributed by atoms with van der Waals surface area (Å²) in [4.78, 5) is 12.6. The monoisotopic (exact) mass is 315 g/mol. The molecule has 0 spiro atoms. The van der Waals surface area contributed by atoms with E-state index in [0.29, 0.717) is 18.1 Å². The summed E-state index contributed by atoms with van der Waals surface area (Å²) in [6.07, 6.45) is 3.58. The molecule has 0 fully saturated rings. The van der Waals surface area contributed by atoms with Gasteiger partial charge in [-0.15, -0.1) is 5.10 Å². The number of amides is 1. The van der Waals surface area contributed by atoms with Crippen LogP contribution in [0.25, 0.3) is 0 Å². The average molecular weight is 315 g/mol. The van der Waals surface area contributed by atoms with Crippen LogP contribution in [0.4, 0.5) is 5.69 Å². The van der Waals surface area contributed by atoms with Crippen molar-refractivity contribution in [1.82, 2.24) is 9.78 Å². The molecular formula is C18H25N3O2. The largest absolute Gasteiger partial charge is 0.476 e. The molecule has 1 aromatic carbocycles. The summed E-state index contributed by atoms with van der Waals surface area (Å²) < 4.78 is 7.40. The van der Waals surface area contributed by atoms with Crippen molar-refractivity contribution in [3.63, 3.8) is 0 Å². The Hall–Kier alpha value is -2.30. The van der Waals surface area contributed by atoms with Crippen LogP contribution in [0.1, 0.15) is 48.2 Å². The van der Waals surface area contributed by atoms with Gasteiger partial charge in [-0.25, -0.2) is 0 Å². The van der Waals surface area contributed by atoms with Crippen LogP contribution in [0, 0.1) is 13.8 Å². The zero-order valence-electron chi connectivity index (χ0n) is 14.3. The molecule has 0 atom stereocenters. The van der Waals surface area contributed by atoms with Crippen LogP contribution in [0.2, 0.25) is 0 Å². The van der Waals surface area contributed by atoms with Gasteiger partial charge in [-0.05, 0) is 43.9 Å². The first kappa shape index (κ1) is 17.1. The second-order valence-electron chi connectivity index (χ2n) is 5.66. The van der Waals surface area contributed by atoms with E-state index in [1.165, 1.54) is 0 Å². The summed E-state index contributed by atoms with van der Waals surface area (Å²) in [5.74, 6) is 0.218. The second-order valence-corrected chi connectivity index (χ2v) is 5.66. The van der Waals surface area contributed by atoms with Gasteiger partial charge in [-0.1, -0.05) is 26.0 Å². The minimum Gasteiger partial charge on any atom is -0.476 e. The fourth-order valence-electron chi connectivity index (χ4n) is 2.28. The minimum absolute atomic E-state index is 0.188. The summed E-state index contributed by atoms with van der Waals surface area (Å²) in [6.45, 7) is 9.44. The number of nitrogens with one attached hydrogen (secondary N) is 1. The maximum Gasteiger partial charge on any atom is 0.262 e. The number of hydrogen-bond acceptors (Lipinski definition) is 3. The van der Waals surface area contributed by atoms with Gasteiger partial charge in [0.25, 0.3) is 5.91 Å². The predicted octanol–water partition coefficient (Wildman–Crippen LogP) is 3.95. The zero-order chi connectivity index (χ0) is 16.8. The Morgan fingerprint density at radius 3 is 2.74 bits per heavy atom. The number of aromatic nitrogens is 2. The van der Waals surface area contributed by atoms with Gasteiger partial charge in [0, 0.05) is 18.4 Å². The molecule has 0 aliphatic heterocycles. The lowest BCUT2D eigenvalue weighted by molar-refractivity contribution is 0.102. The van der Waals surface area contributed by atoms with Gasteiger partial charge in [-0.2, -0.15) is 0 Å². The van der Waals surface area contributed by atoms with Crippen LogP contribution in [-0.2, 0) is 6.54 Å². The van der Waals surface area contributed by atoms with Crippen molar-refractivity contribution < 1.29 is 9.53 Å². The summed E-state index contributed by atoms with van der Waals surface area (Å²) in [7, 11) is 0. The molecule has 5 heteroatoms. The number of ether oxygens (including phenoxy) is 1. The Bertz CT molecular complexity index is 677. The Labute approximate surface area is 137 Å². The SMILES string of the molecule is CCCOc1nn(CCC)cc1C(=O)Nc1cccc(C)c1C. The molecule has 0 saturated carbocycles. The van der Waals surface area contributed by atoms with E-state index in [1.807, 2.05) is 39.0 Å². The van der Waals surface area contributed by atoms with Crippen LogP contribution in [0.3, 0.4) is 0 Å². The maximum absolute atomic E-state index is 12.6. The topological polar surface area (TPSA) is 56.2 Å². The number of aryl methyl sites for hydroxylation is 2. The van der Waals surface area contributed by atoms with Crippen molar-refractivity contribution in [1.29, 1.82) is 0 Å². The van der Waals surface area contributed by atoms with Crippen molar-refractivity contribution in [2.45, 2.75) is 47.1 Å². The molecule has 124 valence electrons. The number of hydrogen-bond donors (Lipinski definition) is 1. The van der Waals surface area contributed by atoms with E-state index >= 15 is 0 Å². The summed E-state index contributed by atoms with van der Waals surface area (Å²) in [6, 6.07) is 5.87. The molecule has 1 amide bonds. The molecule has 0 saturated heterocycles. The van der Waals surface area contributed by atoms with Gasteiger partial charge < -0.3 is 10.1 Å². The van der Waals surface area contributed by atoms with Crippen LogP contribution < -0.4 is 10.1 Å². The third-order valence-corrected chi connectivity index (χ3v) is 3.72. The standard InChI is InChI=1S/C18H25N3O2/c1-5-10-21-12-15(18(20-21)23-11-6-2)17(22)19-16-9-7-8-13(3)14(16)4/h7-9,12H,5-6,10-11H2,1-4H3,(H,19,22). The van der Waals surface area contributed by atoms with Gasteiger partial charge in [0.05, 0.1) is 6.61 Å². The smallest absolute Gasteiger partial charge is 0.262 e. The third kappa shape index (κ3) is 4.12. The molecule has 0 bridgehead atoms. The molecule has 1 N–H and O–H groups in total. The van der Waals surface area contributed by atoms with E-state index in [0.717, 1.165) is 36.2 Å². The lowest BCUT2D eigenvalue weighted by Gasteiger charge is -2.10. The van der Waals surface area contributed by atoms with Gasteiger partial charge in [0.15, 0.2) is 0 Å². The van der Waals surface area contributed by atoms with Crippen molar-refractivity contribution in [3.8, 4) is 5.88 Å². The first-order chi connectivity index (χ1) is 11.1. The van der Waals surface area contributed by atoms with E-state index < -0.39 is 0 Å². The molecule has 2 aromatic rings. The fraction of sp³-hybridized carbons (Fsp3) is 0.444. The summed E-state index contributed by atoms with van der Waals surface area (Å²) in [5, 5.41) is 7.34. The normalized spacial score (nSPS) is 10.6. The molecule has 23 heavy (non-hydrogen) atoms. The molecule has 0 radical (unpaired) electrons. The Morgan fingerprint density at radius 2 is 2.04 bits per heavy atom. The first-order valence-electron chi connectivity index (χ1n) is 8.14.